The molecule has 19 heavy (non-hydrogen) atoms. The van der Waals surface area contributed by atoms with Gasteiger partial charge in [0.2, 0.25) is 5.91 Å². The predicted octanol–water partition coefficient (Wildman–Crippen LogP) is -0.260. The third kappa shape index (κ3) is 6.54. The molecule has 1 aliphatic rings. The van der Waals surface area contributed by atoms with Gasteiger partial charge in [-0.15, -0.1) is 0 Å². The van der Waals surface area contributed by atoms with Crippen molar-refractivity contribution in [2.45, 2.75) is 32.2 Å². The number of amides is 1. The first-order valence-corrected chi connectivity index (χ1v) is 6.91. The molecular formula is C13H25N3O3. The number of esters is 1. The molecule has 0 saturated carbocycles. The summed E-state index contributed by atoms with van der Waals surface area (Å²) in [5.41, 5.74) is 0. The van der Waals surface area contributed by atoms with Gasteiger partial charge in [-0.3, -0.25) is 4.79 Å². The maximum Gasteiger partial charge on any atom is 0.329 e. The molecule has 0 bridgehead atoms. The van der Waals surface area contributed by atoms with Crippen molar-refractivity contribution in [1.29, 1.82) is 0 Å². The minimum Gasteiger partial charge on any atom is -0.467 e. The van der Waals surface area contributed by atoms with Gasteiger partial charge in [0.15, 0.2) is 0 Å². The molecule has 2 N–H and O–H groups in total. The fourth-order valence-electron chi connectivity index (χ4n) is 2.25. The summed E-state index contributed by atoms with van der Waals surface area (Å²) in [6.07, 6.45) is 3.88. The Hall–Kier alpha value is -1.14. The van der Waals surface area contributed by atoms with E-state index in [2.05, 4.69) is 20.3 Å². The molecule has 1 aliphatic heterocycles. The van der Waals surface area contributed by atoms with Crippen molar-refractivity contribution in [2.75, 3.05) is 39.8 Å². The molecule has 0 radical (unpaired) electrons. The largest absolute Gasteiger partial charge is 0.467 e. The van der Waals surface area contributed by atoms with Gasteiger partial charge < -0.3 is 20.3 Å². The summed E-state index contributed by atoms with van der Waals surface area (Å²) in [5, 5.41) is 5.78. The van der Waals surface area contributed by atoms with Crippen LogP contribution >= 0.6 is 0 Å². The lowest BCUT2D eigenvalue weighted by Crippen LogP contribution is -2.48. The number of rotatable bonds is 7. The Kier molecular flexibility index (Phi) is 7.43. The van der Waals surface area contributed by atoms with E-state index >= 15 is 0 Å². The summed E-state index contributed by atoms with van der Waals surface area (Å²) in [7, 11) is 1.32. The SMILES string of the molecule is COC(=O)C(CNCCN1CCCCC1)NC(C)=O. The van der Waals surface area contributed by atoms with Crippen molar-refractivity contribution in [1.82, 2.24) is 15.5 Å². The summed E-state index contributed by atoms with van der Waals surface area (Å²) < 4.78 is 4.66. The molecule has 0 aromatic heterocycles. The second-order valence-electron chi connectivity index (χ2n) is 4.88. The molecule has 6 nitrogen and oxygen atoms in total. The van der Waals surface area contributed by atoms with E-state index in [0.29, 0.717) is 6.54 Å². The van der Waals surface area contributed by atoms with Crippen LogP contribution in [0.5, 0.6) is 0 Å². The van der Waals surface area contributed by atoms with Crippen LogP contribution in [-0.4, -0.2) is 62.7 Å². The van der Waals surface area contributed by atoms with Crippen molar-refractivity contribution in [3.05, 3.63) is 0 Å². The molecule has 1 amide bonds. The van der Waals surface area contributed by atoms with E-state index in [1.165, 1.54) is 33.3 Å². The number of hydrogen-bond acceptors (Lipinski definition) is 5. The van der Waals surface area contributed by atoms with Gasteiger partial charge in [0.05, 0.1) is 7.11 Å². The summed E-state index contributed by atoms with van der Waals surface area (Å²) >= 11 is 0. The van der Waals surface area contributed by atoms with Crippen molar-refractivity contribution >= 4 is 11.9 Å². The standard InChI is InChI=1S/C13H25N3O3/c1-11(17)15-12(13(18)19-2)10-14-6-9-16-7-4-3-5-8-16/h12,14H,3-10H2,1-2H3,(H,15,17). The summed E-state index contributed by atoms with van der Waals surface area (Å²) in [5.74, 6) is -0.645. The van der Waals surface area contributed by atoms with Crippen LogP contribution in [0.3, 0.4) is 0 Å². The predicted molar refractivity (Wildman–Crippen MR) is 72.8 cm³/mol. The smallest absolute Gasteiger partial charge is 0.329 e. The number of nitrogens with one attached hydrogen (secondary N) is 2. The van der Waals surface area contributed by atoms with Crippen molar-refractivity contribution < 1.29 is 14.3 Å². The lowest BCUT2D eigenvalue weighted by molar-refractivity contribution is -0.144. The van der Waals surface area contributed by atoms with Crippen LogP contribution in [0.15, 0.2) is 0 Å². The van der Waals surface area contributed by atoms with E-state index in [1.807, 2.05) is 0 Å². The van der Waals surface area contributed by atoms with E-state index in [9.17, 15) is 9.59 Å². The Balaban J connectivity index is 2.19. The molecular weight excluding hydrogens is 246 g/mol. The van der Waals surface area contributed by atoms with Crippen LogP contribution in [0.1, 0.15) is 26.2 Å². The average Bonchev–Trinajstić information content (AvgIpc) is 2.42. The topological polar surface area (TPSA) is 70.7 Å². The minimum absolute atomic E-state index is 0.228. The second kappa shape index (κ2) is 8.87. The van der Waals surface area contributed by atoms with E-state index in [0.717, 1.165) is 26.2 Å². The third-order valence-corrected chi connectivity index (χ3v) is 3.27. The molecule has 0 aromatic rings. The Morgan fingerprint density at radius 1 is 1.26 bits per heavy atom. The molecule has 1 unspecified atom stereocenters. The van der Waals surface area contributed by atoms with Gasteiger partial charge in [0.25, 0.3) is 0 Å². The van der Waals surface area contributed by atoms with Crippen molar-refractivity contribution in [3.8, 4) is 0 Å². The highest BCUT2D eigenvalue weighted by atomic mass is 16.5. The van der Waals surface area contributed by atoms with E-state index in [1.54, 1.807) is 0 Å². The highest BCUT2D eigenvalue weighted by molar-refractivity contribution is 5.83. The first kappa shape index (κ1) is 15.9. The number of nitrogens with zero attached hydrogens (tertiary/aromatic N) is 1. The van der Waals surface area contributed by atoms with Crippen LogP contribution in [0.4, 0.5) is 0 Å². The van der Waals surface area contributed by atoms with E-state index < -0.39 is 12.0 Å². The van der Waals surface area contributed by atoms with Gasteiger partial charge in [0, 0.05) is 26.6 Å². The van der Waals surface area contributed by atoms with Gasteiger partial charge >= 0.3 is 5.97 Å². The van der Waals surface area contributed by atoms with Crippen LogP contribution in [0, 0.1) is 0 Å². The molecule has 1 fully saturated rings. The van der Waals surface area contributed by atoms with Crippen molar-refractivity contribution in [3.63, 3.8) is 0 Å². The average molecular weight is 271 g/mol. The monoisotopic (exact) mass is 271 g/mol. The summed E-state index contributed by atoms with van der Waals surface area (Å²) in [4.78, 5) is 24.9. The summed E-state index contributed by atoms with van der Waals surface area (Å²) in [6, 6.07) is -0.608. The van der Waals surface area contributed by atoms with Crippen molar-refractivity contribution in [2.24, 2.45) is 0 Å². The maximum absolute atomic E-state index is 11.5. The number of carbonyl (C=O) groups is 2. The van der Waals surface area contributed by atoms with Crippen LogP contribution in [-0.2, 0) is 14.3 Å². The fraction of sp³-hybridized carbons (Fsp3) is 0.846. The Labute approximate surface area is 114 Å². The normalized spacial score (nSPS) is 17.8. The first-order valence-electron chi connectivity index (χ1n) is 6.91. The minimum atomic E-state index is -0.608. The second-order valence-corrected chi connectivity index (χ2v) is 4.88. The number of hydrogen-bond donors (Lipinski definition) is 2. The Bertz CT molecular complexity index is 291. The number of methoxy groups -OCH3 is 1. The van der Waals surface area contributed by atoms with Gasteiger partial charge in [-0.1, -0.05) is 6.42 Å². The Morgan fingerprint density at radius 2 is 1.95 bits per heavy atom. The molecule has 1 atom stereocenters. The number of ether oxygens (including phenoxy) is 1. The maximum atomic E-state index is 11.5. The molecule has 1 heterocycles. The molecule has 1 saturated heterocycles. The highest BCUT2D eigenvalue weighted by Gasteiger charge is 2.19. The lowest BCUT2D eigenvalue weighted by Gasteiger charge is -2.26. The molecule has 6 heteroatoms. The van der Waals surface area contributed by atoms with Crippen LogP contribution in [0.2, 0.25) is 0 Å². The van der Waals surface area contributed by atoms with Crippen LogP contribution in [0.25, 0.3) is 0 Å². The van der Waals surface area contributed by atoms with Gasteiger partial charge in [-0.2, -0.15) is 0 Å². The molecule has 110 valence electrons. The summed E-state index contributed by atoms with van der Waals surface area (Å²) in [6.45, 7) is 5.91. The molecule has 1 rings (SSSR count). The zero-order chi connectivity index (χ0) is 14.1. The zero-order valence-electron chi connectivity index (χ0n) is 11.9. The highest BCUT2D eigenvalue weighted by Crippen LogP contribution is 2.07. The lowest BCUT2D eigenvalue weighted by atomic mass is 10.1. The number of piperidine rings is 1. The number of likely N-dealkylation sites (tertiary alicyclic amines) is 1. The van der Waals surface area contributed by atoms with Gasteiger partial charge in [-0.05, 0) is 25.9 Å². The fourth-order valence-corrected chi connectivity index (χ4v) is 2.25. The molecule has 0 aromatic carbocycles. The third-order valence-electron chi connectivity index (χ3n) is 3.27. The first-order chi connectivity index (χ1) is 9.13. The number of carbonyl (C=O) groups excluding carboxylic acids is 2. The van der Waals surface area contributed by atoms with Gasteiger partial charge in [-0.25, -0.2) is 4.79 Å². The van der Waals surface area contributed by atoms with E-state index in [-0.39, 0.29) is 5.91 Å². The zero-order valence-corrected chi connectivity index (χ0v) is 11.9. The molecule has 0 spiro atoms. The van der Waals surface area contributed by atoms with Crippen LogP contribution < -0.4 is 10.6 Å². The molecule has 0 aliphatic carbocycles. The Morgan fingerprint density at radius 3 is 2.53 bits per heavy atom. The van der Waals surface area contributed by atoms with E-state index in [4.69, 9.17) is 0 Å². The van der Waals surface area contributed by atoms with Gasteiger partial charge in [0.1, 0.15) is 6.04 Å². The quantitative estimate of drug-likeness (QED) is 0.493.